The average molecular weight is 374 g/mol. The van der Waals surface area contributed by atoms with Gasteiger partial charge in [-0.3, -0.25) is 19.8 Å². The molecule has 0 spiro atoms. The summed E-state index contributed by atoms with van der Waals surface area (Å²) in [6, 6.07) is 6.46. The third kappa shape index (κ3) is 5.13. The van der Waals surface area contributed by atoms with Crippen molar-refractivity contribution in [3.05, 3.63) is 40.4 Å². The molecule has 0 fully saturated rings. The monoisotopic (exact) mass is 374 g/mol. The molecule has 1 aromatic carbocycles. The van der Waals surface area contributed by atoms with Crippen molar-refractivity contribution >= 4 is 28.7 Å². The Kier molecular flexibility index (Phi) is 7.04. The molecule has 2 amide bonds. The Morgan fingerprint density at radius 2 is 1.81 bits per heavy atom. The normalized spacial score (nSPS) is 10.4. The van der Waals surface area contributed by atoms with Crippen molar-refractivity contribution in [2.45, 2.75) is 33.1 Å². The van der Waals surface area contributed by atoms with Crippen LogP contribution < -0.4 is 16.3 Å². The molecule has 0 radical (unpaired) electrons. The maximum absolute atomic E-state index is 12.7. The van der Waals surface area contributed by atoms with E-state index in [1.807, 2.05) is 6.92 Å². The molecule has 0 aliphatic heterocycles. The van der Waals surface area contributed by atoms with Crippen molar-refractivity contribution < 1.29 is 19.1 Å². The number of hydrogen-bond acceptors (Lipinski definition) is 6. The van der Waals surface area contributed by atoms with E-state index in [1.165, 1.54) is 0 Å². The number of hydrogen-bond donors (Lipinski definition) is 2. The quantitative estimate of drug-likeness (QED) is 0.664. The number of aromatic nitrogens is 2. The first-order valence-electron chi connectivity index (χ1n) is 8.73. The summed E-state index contributed by atoms with van der Waals surface area (Å²) in [7, 11) is 0. The van der Waals surface area contributed by atoms with Crippen LogP contribution in [0.15, 0.2) is 29.1 Å². The third-order valence-corrected chi connectivity index (χ3v) is 3.62. The van der Waals surface area contributed by atoms with Crippen molar-refractivity contribution in [1.82, 2.24) is 15.0 Å². The fraction of sp³-hybridized carbons (Fsp3) is 0.389. The lowest BCUT2D eigenvalue weighted by atomic mass is 10.2. The van der Waals surface area contributed by atoms with Gasteiger partial charge in [-0.25, -0.2) is 9.78 Å². The lowest BCUT2D eigenvalue weighted by Gasteiger charge is -2.13. The van der Waals surface area contributed by atoms with E-state index in [1.54, 1.807) is 31.2 Å². The van der Waals surface area contributed by atoms with Crippen molar-refractivity contribution in [1.29, 1.82) is 0 Å². The number of para-hydroxylation sites is 1. The molecule has 0 saturated carbocycles. The molecule has 0 bridgehead atoms. The van der Waals surface area contributed by atoms with Gasteiger partial charge in [-0.15, -0.1) is 0 Å². The molecular weight excluding hydrogens is 352 g/mol. The number of nitrogens with zero attached hydrogens (tertiary/aromatic N) is 2. The Balaban J connectivity index is 2.27. The lowest BCUT2D eigenvalue weighted by Crippen LogP contribution is -2.38. The number of esters is 1. The van der Waals surface area contributed by atoms with Gasteiger partial charge in [-0.2, -0.15) is 4.68 Å². The summed E-state index contributed by atoms with van der Waals surface area (Å²) in [6.45, 7) is 4.16. The van der Waals surface area contributed by atoms with Crippen LogP contribution >= 0.6 is 0 Å². The van der Waals surface area contributed by atoms with Crippen molar-refractivity contribution in [3.8, 4) is 0 Å². The van der Waals surface area contributed by atoms with Gasteiger partial charge in [0.15, 0.2) is 0 Å². The summed E-state index contributed by atoms with van der Waals surface area (Å²) >= 11 is 0. The van der Waals surface area contributed by atoms with Crippen LogP contribution in [0.4, 0.5) is 0 Å². The predicted molar refractivity (Wildman–Crippen MR) is 98.9 cm³/mol. The van der Waals surface area contributed by atoms with E-state index in [2.05, 4.69) is 15.7 Å². The fourth-order valence-corrected chi connectivity index (χ4v) is 2.33. The van der Waals surface area contributed by atoms with Crippen molar-refractivity contribution in [2.24, 2.45) is 0 Å². The molecule has 2 rings (SSSR count). The van der Waals surface area contributed by atoms with Crippen molar-refractivity contribution in [3.63, 3.8) is 0 Å². The van der Waals surface area contributed by atoms with Crippen molar-refractivity contribution in [2.75, 3.05) is 18.6 Å². The van der Waals surface area contributed by atoms with E-state index in [9.17, 15) is 19.2 Å². The highest BCUT2D eigenvalue weighted by Crippen LogP contribution is 2.08. The second-order valence-corrected chi connectivity index (χ2v) is 5.70. The van der Waals surface area contributed by atoms with Gasteiger partial charge in [0.25, 0.3) is 5.56 Å². The van der Waals surface area contributed by atoms with Crippen LogP contribution in [0.2, 0.25) is 0 Å². The average Bonchev–Trinajstić information content (AvgIpc) is 2.67. The second-order valence-electron chi connectivity index (χ2n) is 5.70. The minimum atomic E-state index is -0.832. The highest BCUT2D eigenvalue weighted by Gasteiger charge is 2.20. The summed E-state index contributed by atoms with van der Waals surface area (Å²) in [6.07, 6.45) is 0.617. The topological polar surface area (TPSA) is 119 Å². The van der Waals surface area contributed by atoms with Gasteiger partial charge in [0.1, 0.15) is 0 Å². The molecule has 1 aromatic heterocycles. The molecule has 0 aliphatic carbocycles. The first-order valence-corrected chi connectivity index (χ1v) is 8.73. The third-order valence-electron chi connectivity index (χ3n) is 3.62. The van der Waals surface area contributed by atoms with Crippen LogP contribution in [0.1, 0.15) is 43.7 Å². The molecular formula is C18H22N4O5. The Hall–Kier alpha value is -3.23. The van der Waals surface area contributed by atoms with E-state index in [0.29, 0.717) is 12.1 Å². The number of amides is 2. The molecule has 2 N–H and O–H groups in total. The van der Waals surface area contributed by atoms with Gasteiger partial charge in [0.2, 0.25) is 17.6 Å². The molecule has 9 heteroatoms. The molecule has 144 valence electrons. The number of nitrogens with one attached hydrogen (secondary N) is 2. The van der Waals surface area contributed by atoms with Crippen LogP contribution in [-0.4, -0.2) is 40.6 Å². The summed E-state index contributed by atoms with van der Waals surface area (Å²) in [5, 5.41) is 2.90. The minimum absolute atomic E-state index is 0.0314. The molecule has 9 nitrogen and oxygen atoms in total. The van der Waals surface area contributed by atoms with Gasteiger partial charge in [0.05, 0.1) is 17.5 Å². The number of carbonyl (C=O) groups excluding carboxylic acids is 3. The number of rotatable bonds is 8. The first-order chi connectivity index (χ1) is 13.0. The van der Waals surface area contributed by atoms with E-state index in [4.69, 9.17) is 4.74 Å². The van der Waals surface area contributed by atoms with Crippen LogP contribution in [-0.2, 0) is 14.3 Å². The maximum atomic E-state index is 12.7. The second kappa shape index (κ2) is 9.46. The highest BCUT2D eigenvalue weighted by molar-refractivity contribution is 5.92. The zero-order chi connectivity index (χ0) is 19.8. The summed E-state index contributed by atoms with van der Waals surface area (Å²) in [5.41, 5.74) is 2.05. The standard InChI is InChI=1S/C18H22N4O5/c1-3-11-19-14(23)9-10-15(24)21-22-16(18(26)27-4-2)20-13-8-6-5-7-12(13)17(22)25/h5-8H,3-4,9-11H2,1-2H3,(H,19,23)(H,21,24). The Morgan fingerprint density at radius 1 is 1.11 bits per heavy atom. The van der Waals surface area contributed by atoms with Crippen LogP contribution in [0.5, 0.6) is 0 Å². The SMILES string of the molecule is CCCNC(=O)CCC(=O)Nn1c(C(=O)OCC)nc2ccccc2c1=O. The number of benzene rings is 1. The summed E-state index contributed by atoms with van der Waals surface area (Å²) in [5.74, 6) is -2.02. The van der Waals surface area contributed by atoms with Gasteiger partial charge >= 0.3 is 5.97 Å². The molecule has 0 atom stereocenters. The number of carbonyl (C=O) groups is 3. The molecule has 2 aromatic rings. The maximum Gasteiger partial charge on any atom is 0.376 e. The van der Waals surface area contributed by atoms with E-state index < -0.39 is 17.4 Å². The first kappa shape index (κ1) is 20.1. The molecule has 27 heavy (non-hydrogen) atoms. The van der Waals surface area contributed by atoms with E-state index >= 15 is 0 Å². The number of fused-ring (bicyclic) bond motifs is 1. The van der Waals surface area contributed by atoms with Gasteiger partial charge in [0, 0.05) is 19.4 Å². The largest absolute Gasteiger partial charge is 0.460 e. The zero-order valence-corrected chi connectivity index (χ0v) is 15.3. The van der Waals surface area contributed by atoms with E-state index in [0.717, 1.165) is 11.1 Å². The molecule has 0 aliphatic rings. The van der Waals surface area contributed by atoms with Gasteiger partial charge in [-0.05, 0) is 25.5 Å². The Morgan fingerprint density at radius 3 is 2.52 bits per heavy atom. The summed E-state index contributed by atoms with van der Waals surface area (Å²) < 4.78 is 5.69. The smallest absolute Gasteiger partial charge is 0.376 e. The lowest BCUT2D eigenvalue weighted by molar-refractivity contribution is -0.124. The molecule has 0 saturated heterocycles. The van der Waals surface area contributed by atoms with Crippen LogP contribution in [0, 0.1) is 0 Å². The van der Waals surface area contributed by atoms with Gasteiger partial charge < -0.3 is 10.1 Å². The minimum Gasteiger partial charge on any atom is -0.460 e. The highest BCUT2D eigenvalue weighted by atomic mass is 16.5. The van der Waals surface area contributed by atoms with E-state index in [-0.39, 0.29) is 36.6 Å². The zero-order valence-electron chi connectivity index (χ0n) is 15.3. The fourth-order valence-electron chi connectivity index (χ4n) is 2.33. The van der Waals surface area contributed by atoms with Crippen LogP contribution in [0.25, 0.3) is 10.9 Å². The predicted octanol–water partition coefficient (Wildman–Crippen LogP) is 0.950. The van der Waals surface area contributed by atoms with Gasteiger partial charge in [-0.1, -0.05) is 19.1 Å². The Bertz CT molecular complexity index is 906. The summed E-state index contributed by atoms with van der Waals surface area (Å²) in [4.78, 5) is 52.8. The molecule has 1 heterocycles. The number of ether oxygens (including phenoxy) is 1. The van der Waals surface area contributed by atoms with Crippen LogP contribution in [0.3, 0.4) is 0 Å². The molecule has 0 unspecified atom stereocenters. The Labute approximate surface area is 155 Å².